The Morgan fingerprint density at radius 3 is 2.64 bits per heavy atom. The number of allylic oxidation sites excluding steroid dienone is 1. The largest absolute Gasteiger partial charge is 0.100 e. The predicted molar refractivity (Wildman–Crippen MR) is 50.6 cm³/mol. The van der Waals surface area contributed by atoms with Crippen molar-refractivity contribution < 1.29 is 0 Å². The molecule has 0 aromatic rings. The van der Waals surface area contributed by atoms with Crippen molar-refractivity contribution in [3.05, 3.63) is 12.2 Å². The van der Waals surface area contributed by atoms with Crippen LogP contribution in [-0.4, -0.2) is 0 Å². The average Bonchev–Trinajstić information content (AvgIpc) is 2.31. The summed E-state index contributed by atoms with van der Waals surface area (Å²) < 4.78 is 0. The molecule has 0 radical (unpaired) electrons. The minimum atomic E-state index is 0.991. The van der Waals surface area contributed by atoms with E-state index < -0.39 is 0 Å². The molecule has 11 heavy (non-hydrogen) atoms. The standard InChI is InChI=1S/C11H20/c1-9(2)4-6-11-7-5-10(3)8-11/h10-11H,1,4-8H2,2-3H3. The summed E-state index contributed by atoms with van der Waals surface area (Å²) in [6.07, 6.45) is 7.03. The van der Waals surface area contributed by atoms with Gasteiger partial charge in [-0.3, -0.25) is 0 Å². The van der Waals surface area contributed by atoms with Gasteiger partial charge in [0.15, 0.2) is 0 Å². The zero-order valence-electron chi connectivity index (χ0n) is 7.90. The van der Waals surface area contributed by atoms with E-state index in [0.29, 0.717) is 0 Å². The summed E-state index contributed by atoms with van der Waals surface area (Å²) in [4.78, 5) is 0. The molecule has 0 spiro atoms. The van der Waals surface area contributed by atoms with Crippen LogP contribution < -0.4 is 0 Å². The van der Waals surface area contributed by atoms with E-state index in [1.165, 1.54) is 37.7 Å². The second-order valence-electron chi connectivity index (χ2n) is 4.28. The summed E-state index contributed by atoms with van der Waals surface area (Å²) in [5.41, 5.74) is 1.35. The van der Waals surface area contributed by atoms with Crippen LogP contribution in [0.1, 0.15) is 46.0 Å². The third kappa shape index (κ3) is 3.09. The van der Waals surface area contributed by atoms with Gasteiger partial charge in [0.1, 0.15) is 0 Å². The molecule has 1 rings (SSSR count). The lowest BCUT2D eigenvalue weighted by Crippen LogP contribution is -1.94. The fraction of sp³-hybridized carbons (Fsp3) is 0.818. The van der Waals surface area contributed by atoms with Gasteiger partial charge in [-0.1, -0.05) is 25.3 Å². The van der Waals surface area contributed by atoms with E-state index in [9.17, 15) is 0 Å². The quantitative estimate of drug-likeness (QED) is 0.540. The summed E-state index contributed by atoms with van der Waals surface area (Å²) in [5.74, 6) is 2.01. The Bertz CT molecular complexity index is 135. The molecule has 0 saturated heterocycles. The fourth-order valence-corrected chi connectivity index (χ4v) is 2.04. The molecule has 0 heteroatoms. The Kier molecular flexibility index (Phi) is 3.16. The first-order valence-corrected chi connectivity index (χ1v) is 4.83. The highest BCUT2D eigenvalue weighted by atomic mass is 14.3. The molecule has 1 saturated carbocycles. The van der Waals surface area contributed by atoms with E-state index in [1.807, 2.05) is 0 Å². The van der Waals surface area contributed by atoms with Crippen LogP contribution in [0.5, 0.6) is 0 Å². The second-order valence-corrected chi connectivity index (χ2v) is 4.28. The molecule has 0 bridgehead atoms. The molecule has 2 unspecified atom stereocenters. The molecule has 0 N–H and O–H groups in total. The van der Waals surface area contributed by atoms with Crippen LogP contribution in [0.15, 0.2) is 12.2 Å². The van der Waals surface area contributed by atoms with Gasteiger partial charge in [-0.25, -0.2) is 0 Å². The lowest BCUT2D eigenvalue weighted by atomic mass is 9.98. The number of hydrogen-bond acceptors (Lipinski definition) is 0. The Hall–Kier alpha value is -0.260. The van der Waals surface area contributed by atoms with Crippen molar-refractivity contribution >= 4 is 0 Å². The van der Waals surface area contributed by atoms with E-state index >= 15 is 0 Å². The summed E-state index contributed by atoms with van der Waals surface area (Å²) in [6, 6.07) is 0. The monoisotopic (exact) mass is 152 g/mol. The van der Waals surface area contributed by atoms with Gasteiger partial charge < -0.3 is 0 Å². The van der Waals surface area contributed by atoms with Crippen molar-refractivity contribution in [1.82, 2.24) is 0 Å². The fourth-order valence-electron chi connectivity index (χ4n) is 2.04. The minimum absolute atomic E-state index is 0.991. The average molecular weight is 152 g/mol. The SMILES string of the molecule is C=C(C)CCC1CCC(C)C1. The highest BCUT2D eigenvalue weighted by Crippen LogP contribution is 2.33. The van der Waals surface area contributed by atoms with Crippen molar-refractivity contribution in [2.75, 3.05) is 0 Å². The molecule has 0 aliphatic heterocycles. The number of hydrogen-bond donors (Lipinski definition) is 0. The molecular weight excluding hydrogens is 132 g/mol. The summed E-state index contributed by atoms with van der Waals surface area (Å²) in [6.45, 7) is 8.45. The minimum Gasteiger partial charge on any atom is -0.100 e. The highest BCUT2D eigenvalue weighted by Gasteiger charge is 2.20. The van der Waals surface area contributed by atoms with Crippen LogP contribution in [0, 0.1) is 11.8 Å². The van der Waals surface area contributed by atoms with Crippen molar-refractivity contribution in [3.63, 3.8) is 0 Å². The Morgan fingerprint density at radius 2 is 2.18 bits per heavy atom. The third-order valence-electron chi connectivity index (χ3n) is 2.78. The summed E-state index contributed by atoms with van der Waals surface area (Å²) >= 11 is 0. The Labute approximate surface area is 70.7 Å². The van der Waals surface area contributed by atoms with Crippen LogP contribution in [-0.2, 0) is 0 Å². The maximum atomic E-state index is 3.94. The molecule has 0 heterocycles. The normalized spacial score (nSPS) is 30.7. The van der Waals surface area contributed by atoms with Crippen molar-refractivity contribution in [1.29, 1.82) is 0 Å². The van der Waals surface area contributed by atoms with Crippen LogP contribution in [0.3, 0.4) is 0 Å². The predicted octanol–water partition coefficient (Wildman–Crippen LogP) is 3.78. The maximum Gasteiger partial charge on any atom is -0.0323 e. The van der Waals surface area contributed by atoms with Crippen LogP contribution in [0.25, 0.3) is 0 Å². The van der Waals surface area contributed by atoms with Crippen LogP contribution >= 0.6 is 0 Å². The zero-order chi connectivity index (χ0) is 8.27. The van der Waals surface area contributed by atoms with Crippen molar-refractivity contribution in [3.8, 4) is 0 Å². The lowest BCUT2D eigenvalue weighted by Gasteiger charge is -2.08. The van der Waals surface area contributed by atoms with E-state index in [1.54, 1.807) is 0 Å². The topological polar surface area (TPSA) is 0 Å². The van der Waals surface area contributed by atoms with Gasteiger partial charge in [0.2, 0.25) is 0 Å². The molecular formula is C11H20. The number of rotatable bonds is 3. The molecule has 1 aliphatic carbocycles. The second kappa shape index (κ2) is 3.94. The summed E-state index contributed by atoms with van der Waals surface area (Å²) in [5, 5.41) is 0. The van der Waals surface area contributed by atoms with Crippen molar-refractivity contribution in [2.24, 2.45) is 11.8 Å². The summed E-state index contributed by atoms with van der Waals surface area (Å²) in [7, 11) is 0. The van der Waals surface area contributed by atoms with Gasteiger partial charge in [0.25, 0.3) is 0 Å². The van der Waals surface area contributed by atoms with E-state index in [0.717, 1.165) is 11.8 Å². The molecule has 64 valence electrons. The molecule has 0 aromatic carbocycles. The van der Waals surface area contributed by atoms with E-state index in [-0.39, 0.29) is 0 Å². The lowest BCUT2D eigenvalue weighted by molar-refractivity contribution is 0.479. The van der Waals surface area contributed by atoms with E-state index in [4.69, 9.17) is 0 Å². The highest BCUT2D eigenvalue weighted by molar-refractivity contribution is 4.89. The van der Waals surface area contributed by atoms with E-state index in [2.05, 4.69) is 20.4 Å². The Balaban J connectivity index is 2.13. The first-order valence-electron chi connectivity index (χ1n) is 4.83. The zero-order valence-corrected chi connectivity index (χ0v) is 7.90. The molecule has 1 fully saturated rings. The molecule has 1 aliphatic rings. The maximum absolute atomic E-state index is 3.94. The van der Waals surface area contributed by atoms with Gasteiger partial charge in [-0.2, -0.15) is 0 Å². The van der Waals surface area contributed by atoms with Gasteiger partial charge >= 0.3 is 0 Å². The van der Waals surface area contributed by atoms with Gasteiger partial charge in [0, 0.05) is 0 Å². The first kappa shape index (κ1) is 8.83. The van der Waals surface area contributed by atoms with Gasteiger partial charge in [-0.05, 0) is 38.0 Å². The van der Waals surface area contributed by atoms with Gasteiger partial charge in [-0.15, -0.1) is 6.58 Å². The third-order valence-corrected chi connectivity index (χ3v) is 2.78. The van der Waals surface area contributed by atoms with Crippen LogP contribution in [0.4, 0.5) is 0 Å². The smallest absolute Gasteiger partial charge is 0.0323 e. The van der Waals surface area contributed by atoms with Crippen molar-refractivity contribution in [2.45, 2.75) is 46.0 Å². The Morgan fingerprint density at radius 1 is 1.45 bits per heavy atom. The van der Waals surface area contributed by atoms with Gasteiger partial charge in [0.05, 0.1) is 0 Å². The van der Waals surface area contributed by atoms with Crippen LogP contribution in [0.2, 0.25) is 0 Å². The molecule has 0 amide bonds. The molecule has 2 atom stereocenters. The first-order chi connectivity index (χ1) is 5.18. The molecule has 0 nitrogen and oxygen atoms in total. The molecule has 0 aromatic heterocycles.